The Morgan fingerprint density at radius 1 is 1.19 bits per heavy atom. The fraction of sp³-hybridized carbons (Fsp3) is 0.357. The second-order valence-electron chi connectivity index (χ2n) is 9.52. The molecule has 2 aromatic heterocycles. The summed E-state index contributed by atoms with van der Waals surface area (Å²) in [7, 11) is 0. The highest BCUT2D eigenvalue weighted by Crippen LogP contribution is 2.20. The predicted octanol–water partition coefficient (Wildman–Crippen LogP) is 4.33. The second-order valence-corrected chi connectivity index (χ2v) is 10.3. The van der Waals surface area contributed by atoms with Gasteiger partial charge in [0.1, 0.15) is 11.6 Å². The lowest BCUT2D eigenvalue weighted by Gasteiger charge is -2.26. The number of hydrogen-bond donors (Lipinski definition) is 1. The van der Waals surface area contributed by atoms with Crippen LogP contribution in [0, 0.1) is 25.6 Å². The molecule has 0 aliphatic carbocycles. The smallest absolute Gasteiger partial charge is 0.264 e. The van der Waals surface area contributed by atoms with Crippen molar-refractivity contribution >= 4 is 27.7 Å². The molecule has 194 valence electrons. The fourth-order valence-corrected chi connectivity index (χ4v) is 5.20. The molecule has 0 radical (unpaired) electrons. The highest BCUT2D eigenvalue weighted by atomic mass is 32.1. The summed E-state index contributed by atoms with van der Waals surface area (Å²) in [4.78, 5) is 34.0. The molecule has 1 atom stereocenters. The van der Waals surface area contributed by atoms with Gasteiger partial charge in [0.2, 0.25) is 0 Å². The van der Waals surface area contributed by atoms with Gasteiger partial charge in [-0.1, -0.05) is 43.3 Å². The first-order chi connectivity index (χ1) is 17.8. The molecule has 37 heavy (non-hydrogen) atoms. The van der Waals surface area contributed by atoms with Gasteiger partial charge in [0.15, 0.2) is 4.83 Å². The van der Waals surface area contributed by atoms with E-state index in [0.29, 0.717) is 71.9 Å². The molecule has 0 saturated heterocycles. The van der Waals surface area contributed by atoms with E-state index >= 15 is 0 Å². The molecule has 2 N–H and O–H groups in total. The van der Waals surface area contributed by atoms with Crippen LogP contribution in [0.3, 0.4) is 0 Å². The topological polar surface area (TPSA) is 94.1 Å². The molecule has 0 bridgehead atoms. The summed E-state index contributed by atoms with van der Waals surface area (Å²) in [5, 5.41) is 0.554. The quantitative estimate of drug-likeness (QED) is 0.335. The minimum absolute atomic E-state index is 0.0163. The summed E-state index contributed by atoms with van der Waals surface area (Å²) in [6.45, 7) is 7.26. The van der Waals surface area contributed by atoms with Crippen LogP contribution in [0.4, 0.5) is 4.39 Å². The van der Waals surface area contributed by atoms with Crippen molar-refractivity contribution in [3.8, 4) is 0 Å². The van der Waals surface area contributed by atoms with E-state index in [4.69, 9.17) is 10.7 Å². The summed E-state index contributed by atoms with van der Waals surface area (Å²) in [5.41, 5.74) is 8.12. The van der Waals surface area contributed by atoms with Gasteiger partial charge in [0.25, 0.3) is 11.5 Å². The number of carbonyl (C=O) groups is 1. The van der Waals surface area contributed by atoms with Gasteiger partial charge in [0, 0.05) is 25.1 Å². The average Bonchev–Trinajstić information content (AvgIpc) is 3.26. The van der Waals surface area contributed by atoms with E-state index in [9.17, 15) is 14.0 Å². The maximum atomic E-state index is 14.2. The molecule has 9 heteroatoms. The predicted molar refractivity (Wildman–Crippen MR) is 146 cm³/mol. The number of halogens is 1. The molecule has 7 nitrogen and oxygen atoms in total. The molecule has 4 aromatic rings. The van der Waals surface area contributed by atoms with E-state index in [1.54, 1.807) is 28.5 Å². The fourth-order valence-electron chi connectivity index (χ4n) is 4.41. The van der Waals surface area contributed by atoms with Crippen LogP contribution in [-0.2, 0) is 13.0 Å². The SMILES string of the molecule is Cc1ccc(C(=O)N(CCCN)CC(C)Cc2nc3snc(C)c3c(=O)n2Cc2ccccc2)cc1F. The van der Waals surface area contributed by atoms with Crippen molar-refractivity contribution < 1.29 is 9.18 Å². The largest absolute Gasteiger partial charge is 0.338 e. The van der Waals surface area contributed by atoms with Gasteiger partial charge in [-0.2, -0.15) is 4.37 Å². The van der Waals surface area contributed by atoms with Crippen LogP contribution in [0.15, 0.2) is 53.3 Å². The number of amides is 1. The lowest BCUT2D eigenvalue weighted by Crippen LogP contribution is -2.37. The summed E-state index contributed by atoms with van der Waals surface area (Å²) in [6, 6.07) is 14.4. The van der Waals surface area contributed by atoms with E-state index in [1.807, 2.05) is 44.2 Å². The maximum absolute atomic E-state index is 14.2. The van der Waals surface area contributed by atoms with Crippen molar-refractivity contribution in [2.24, 2.45) is 11.7 Å². The van der Waals surface area contributed by atoms with Crippen LogP contribution in [0.5, 0.6) is 0 Å². The Kier molecular flexibility index (Phi) is 8.45. The zero-order valence-electron chi connectivity index (χ0n) is 21.4. The lowest BCUT2D eigenvalue weighted by molar-refractivity contribution is 0.0729. The molecular weight excluding hydrogens is 489 g/mol. The summed E-state index contributed by atoms with van der Waals surface area (Å²) < 4.78 is 20.2. The van der Waals surface area contributed by atoms with E-state index in [1.165, 1.54) is 17.6 Å². The van der Waals surface area contributed by atoms with Gasteiger partial charge in [-0.15, -0.1) is 0 Å². The van der Waals surface area contributed by atoms with Crippen LogP contribution in [-0.4, -0.2) is 44.4 Å². The molecule has 0 aliphatic heterocycles. The first-order valence-corrected chi connectivity index (χ1v) is 13.2. The van der Waals surface area contributed by atoms with Gasteiger partial charge in [0.05, 0.1) is 17.6 Å². The number of aromatic nitrogens is 3. The Bertz CT molecular complexity index is 1450. The number of aryl methyl sites for hydroxylation is 2. The molecule has 4 rings (SSSR count). The van der Waals surface area contributed by atoms with Gasteiger partial charge < -0.3 is 10.6 Å². The zero-order chi connectivity index (χ0) is 26.5. The van der Waals surface area contributed by atoms with Crippen molar-refractivity contribution in [1.82, 2.24) is 18.8 Å². The highest BCUT2D eigenvalue weighted by Gasteiger charge is 2.22. The molecule has 1 unspecified atom stereocenters. The lowest BCUT2D eigenvalue weighted by atomic mass is 10.0. The van der Waals surface area contributed by atoms with E-state index in [0.717, 1.165) is 5.56 Å². The third-order valence-corrected chi connectivity index (χ3v) is 7.26. The van der Waals surface area contributed by atoms with Crippen LogP contribution in [0.2, 0.25) is 0 Å². The van der Waals surface area contributed by atoms with E-state index in [-0.39, 0.29) is 17.4 Å². The third kappa shape index (κ3) is 6.11. The minimum atomic E-state index is -0.403. The van der Waals surface area contributed by atoms with Crippen molar-refractivity contribution in [1.29, 1.82) is 0 Å². The molecule has 2 aromatic carbocycles. The molecular formula is C28H32FN5O2S. The maximum Gasteiger partial charge on any atom is 0.264 e. The van der Waals surface area contributed by atoms with Crippen LogP contribution in [0.25, 0.3) is 10.2 Å². The van der Waals surface area contributed by atoms with Crippen LogP contribution >= 0.6 is 11.5 Å². The standard InChI is InChI=1S/C28H32FN5O2S/c1-18(16-33(13-7-12-30)27(35)22-11-10-19(2)23(29)15-22)14-24-31-26-25(20(3)32-37-26)28(36)34(24)17-21-8-5-4-6-9-21/h4-6,8-11,15,18H,7,12-14,16-17,30H2,1-3H3. The van der Waals surface area contributed by atoms with E-state index < -0.39 is 5.82 Å². The monoisotopic (exact) mass is 521 g/mol. The molecule has 0 spiro atoms. The molecule has 0 aliphatic rings. The van der Waals surface area contributed by atoms with Crippen LogP contribution in [0.1, 0.15) is 46.3 Å². The van der Waals surface area contributed by atoms with Crippen molar-refractivity contribution in [2.45, 2.75) is 40.2 Å². The second kappa shape index (κ2) is 11.7. The van der Waals surface area contributed by atoms with Crippen molar-refractivity contribution in [3.63, 3.8) is 0 Å². The zero-order valence-corrected chi connectivity index (χ0v) is 22.2. The average molecular weight is 522 g/mol. The van der Waals surface area contributed by atoms with Gasteiger partial charge in [-0.25, -0.2) is 9.37 Å². The molecule has 2 heterocycles. The molecule has 0 saturated carbocycles. The number of fused-ring (bicyclic) bond motifs is 1. The normalized spacial score (nSPS) is 12.1. The Labute approximate surface area is 219 Å². The number of carbonyl (C=O) groups excluding carboxylic acids is 1. The van der Waals surface area contributed by atoms with Gasteiger partial charge >= 0.3 is 0 Å². The summed E-state index contributed by atoms with van der Waals surface area (Å²) in [5.74, 6) is 0.00448. The highest BCUT2D eigenvalue weighted by molar-refractivity contribution is 7.12. The summed E-state index contributed by atoms with van der Waals surface area (Å²) >= 11 is 1.23. The number of benzene rings is 2. The Morgan fingerprint density at radius 2 is 1.95 bits per heavy atom. The number of nitrogens with zero attached hydrogens (tertiary/aromatic N) is 4. The number of rotatable bonds is 10. The van der Waals surface area contributed by atoms with Gasteiger partial charge in [-0.05, 0) is 67.5 Å². The van der Waals surface area contributed by atoms with E-state index in [2.05, 4.69) is 4.37 Å². The molecule has 0 fully saturated rings. The third-order valence-electron chi connectivity index (χ3n) is 6.43. The van der Waals surface area contributed by atoms with Crippen LogP contribution < -0.4 is 11.3 Å². The number of nitrogens with two attached hydrogens (primary N) is 1. The van der Waals surface area contributed by atoms with Crippen molar-refractivity contribution in [3.05, 3.63) is 92.9 Å². The number of hydrogen-bond acceptors (Lipinski definition) is 6. The Hall–Kier alpha value is -3.43. The molecule has 1 amide bonds. The first kappa shape index (κ1) is 26.6. The van der Waals surface area contributed by atoms with Gasteiger partial charge in [-0.3, -0.25) is 14.2 Å². The van der Waals surface area contributed by atoms with Crippen molar-refractivity contribution in [2.75, 3.05) is 19.6 Å². The first-order valence-electron chi connectivity index (χ1n) is 12.4. The Morgan fingerprint density at radius 3 is 2.65 bits per heavy atom. The Balaban J connectivity index is 1.62. The minimum Gasteiger partial charge on any atom is -0.338 e. The summed E-state index contributed by atoms with van der Waals surface area (Å²) in [6.07, 6.45) is 1.12.